The number of hydrogen-bond acceptors (Lipinski definition) is 3. The van der Waals surface area contributed by atoms with E-state index in [0.29, 0.717) is 6.54 Å². The molecule has 0 aromatic heterocycles. The fourth-order valence-corrected chi connectivity index (χ4v) is 3.50. The molecule has 2 aromatic rings. The number of benzene rings is 2. The predicted octanol–water partition coefficient (Wildman–Crippen LogP) is 2.65. The van der Waals surface area contributed by atoms with Crippen LogP contribution in [-0.2, 0) is 0 Å². The lowest BCUT2D eigenvalue weighted by Crippen LogP contribution is -2.39. The van der Waals surface area contributed by atoms with Gasteiger partial charge in [-0.1, -0.05) is 36.4 Å². The van der Waals surface area contributed by atoms with Gasteiger partial charge in [0.15, 0.2) is 0 Å². The van der Waals surface area contributed by atoms with Gasteiger partial charge in [0.1, 0.15) is 11.4 Å². The molecule has 2 aliphatic heterocycles. The number of ether oxygens (including phenoxy) is 1. The van der Waals surface area contributed by atoms with Crippen molar-refractivity contribution in [2.75, 3.05) is 26.2 Å². The van der Waals surface area contributed by atoms with Crippen molar-refractivity contribution in [3.63, 3.8) is 0 Å². The van der Waals surface area contributed by atoms with Crippen LogP contribution < -0.4 is 10.5 Å². The molecule has 0 amide bonds. The first kappa shape index (κ1) is 12.9. The molecule has 1 spiro atoms. The molecule has 2 N–H and O–H groups in total. The predicted molar refractivity (Wildman–Crippen MR) is 86.5 cm³/mol. The largest absolute Gasteiger partial charge is 0.481 e. The monoisotopic (exact) mass is 280 g/mol. The Morgan fingerprint density at radius 2 is 2.10 bits per heavy atom. The average molecular weight is 280 g/mol. The zero-order chi connectivity index (χ0) is 14.3. The molecule has 0 bridgehead atoms. The third-order valence-electron chi connectivity index (χ3n) is 4.59. The summed E-state index contributed by atoms with van der Waals surface area (Å²) in [5.74, 6) is 1.01. The van der Waals surface area contributed by atoms with Gasteiger partial charge >= 0.3 is 0 Å². The number of fused-ring (bicyclic) bond motifs is 3. The van der Waals surface area contributed by atoms with Crippen molar-refractivity contribution in [1.29, 1.82) is 0 Å². The number of likely N-dealkylation sites (tertiary alicyclic amines) is 1. The molecule has 1 unspecified atom stereocenters. The summed E-state index contributed by atoms with van der Waals surface area (Å²) >= 11 is 0. The molecule has 108 valence electrons. The van der Waals surface area contributed by atoms with Gasteiger partial charge in [-0.2, -0.15) is 0 Å². The Bertz CT molecular complexity index is 709. The maximum absolute atomic E-state index is 6.40. The number of nitrogens with zero attached hydrogens (tertiary/aromatic N) is 1. The smallest absolute Gasteiger partial charge is 0.141 e. The first-order valence-corrected chi connectivity index (χ1v) is 7.62. The molecule has 1 saturated heterocycles. The third kappa shape index (κ3) is 2.13. The van der Waals surface area contributed by atoms with Gasteiger partial charge in [-0.3, -0.25) is 4.90 Å². The highest BCUT2D eigenvalue weighted by Gasteiger charge is 2.39. The van der Waals surface area contributed by atoms with E-state index in [1.165, 1.54) is 16.3 Å². The van der Waals surface area contributed by atoms with Crippen LogP contribution in [0.5, 0.6) is 5.75 Å². The van der Waals surface area contributed by atoms with Crippen LogP contribution in [-0.4, -0.2) is 36.7 Å². The van der Waals surface area contributed by atoms with E-state index in [1.54, 1.807) is 0 Å². The van der Waals surface area contributed by atoms with Crippen LogP contribution in [0.3, 0.4) is 0 Å². The minimum Gasteiger partial charge on any atom is -0.481 e. The second-order valence-corrected chi connectivity index (χ2v) is 6.01. The van der Waals surface area contributed by atoms with Gasteiger partial charge in [0.25, 0.3) is 0 Å². The summed E-state index contributed by atoms with van der Waals surface area (Å²) in [7, 11) is 0. The van der Waals surface area contributed by atoms with E-state index in [1.807, 2.05) is 0 Å². The average Bonchev–Trinajstić information content (AvgIpc) is 2.89. The summed E-state index contributed by atoms with van der Waals surface area (Å²) in [6.07, 6.45) is 5.53. The van der Waals surface area contributed by atoms with Gasteiger partial charge < -0.3 is 10.5 Å². The molecule has 1 fully saturated rings. The minimum atomic E-state index is -0.162. The van der Waals surface area contributed by atoms with Gasteiger partial charge in [-0.15, -0.1) is 0 Å². The number of nitrogens with two attached hydrogens (primary N) is 1. The SMILES string of the molecule is NCCN1CCC2(C=Cc3c(ccc4ccccc34)O2)C1. The van der Waals surface area contributed by atoms with Gasteiger partial charge in [0.2, 0.25) is 0 Å². The Kier molecular flexibility index (Phi) is 2.98. The number of hydrogen-bond donors (Lipinski definition) is 1. The first-order chi connectivity index (χ1) is 10.3. The Morgan fingerprint density at radius 1 is 1.19 bits per heavy atom. The highest BCUT2D eigenvalue weighted by Crippen LogP contribution is 2.39. The second kappa shape index (κ2) is 4.86. The summed E-state index contributed by atoms with van der Waals surface area (Å²) in [6, 6.07) is 12.7. The van der Waals surface area contributed by atoms with Crippen molar-refractivity contribution < 1.29 is 4.74 Å². The standard InChI is InChI=1S/C18H20N2O/c19-10-12-20-11-9-18(13-20)8-7-16-15-4-2-1-3-14(15)5-6-17(16)21-18/h1-8H,9-13,19H2. The van der Waals surface area contributed by atoms with E-state index in [-0.39, 0.29) is 5.60 Å². The highest BCUT2D eigenvalue weighted by molar-refractivity contribution is 5.93. The van der Waals surface area contributed by atoms with E-state index in [4.69, 9.17) is 10.5 Å². The van der Waals surface area contributed by atoms with Gasteiger partial charge in [-0.05, 0) is 22.9 Å². The van der Waals surface area contributed by atoms with Crippen LogP contribution in [0, 0.1) is 0 Å². The molecule has 0 radical (unpaired) electrons. The van der Waals surface area contributed by atoms with Crippen LogP contribution in [0.15, 0.2) is 42.5 Å². The van der Waals surface area contributed by atoms with Gasteiger partial charge in [-0.25, -0.2) is 0 Å². The van der Waals surface area contributed by atoms with Crippen molar-refractivity contribution in [3.8, 4) is 5.75 Å². The zero-order valence-electron chi connectivity index (χ0n) is 12.1. The molecule has 3 nitrogen and oxygen atoms in total. The Labute approximate surface area is 125 Å². The lowest BCUT2D eigenvalue weighted by molar-refractivity contribution is 0.124. The fourth-order valence-electron chi connectivity index (χ4n) is 3.50. The highest BCUT2D eigenvalue weighted by atomic mass is 16.5. The van der Waals surface area contributed by atoms with Crippen molar-refractivity contribution in [1.82, 2.24) is 4.90 Å². The van der Waals surface area contributed by atoms with Crippen LogP contribution in [0.2, 0.25) is 0 Å². The summed E-state index contributed by atoms with van der Waals surface area (Å²) < 4.78 is 6.40. The number of rotatable bonds is 2. The Morgan fingerprint density at radius 3 is 3.00 bits per heavy atom. The summed E-state index contributed by atoms with van der Waals surface area (Å²) in [6.45, 7) is 3.65. The van der Waals surface area contributed by atoms with Gasteiger partial charge in [0.05, 0.1) is 0 Å². The van der Waals surface area contributed by atoms with E-state index >= 15 is 0 Å². The van der Waals surface area contributed by atoms with Crippen LogP contribution in [0.4, 0.5) is 0 Å². The van der Waals surface area contributed by atoms with Crippen LogP contribution in [0.1, 0.15) is 12.0 Å². The quantitative estimate of drug-likeness (QED) is 0.919. The molecule has 2 heterocycles. The lowest BCUT2D eigenvalue weighted by Gasteiger charge is -2.32. The summed E-state index contributed by atoms with van der Waals surface area (Å²) in [5, 5.41) is 2.52. The van der Waals surface area contributed by atoms with Crippen LogP contribution in [0.25, 0.3) is 16.8 Å². The minimum absolute atomic E-state index is 0.162. The summed E-state index contributed by atoms with van der Waals surface area (Å²) in [5.41, 5.74) is 6.71. The molecule has 3 heteroatoms. The van der Waals surface area contributed by atoms with Crippen molar-refractivity contribution in [2.24, 2.45) is 5.73 Å². The van der Waals surface area contributed by atoms with E-state index in [9.17, 15) is 0 Å². The molecule has 4 rings (SSSR count). The normalized spacial score (nSPS) is 24.4. The molecule has 1 atom stereocenters. The Balaban J connectivity index is 1.70. The lowest BCUT2D eigenvalue weighted by atomic mass is 9.94. The second-order valence-electron chi connectivity index (χ2n) is 6.01. The molecule has 0 saturated carbocycles. The van der Waals surface area contributed by atoms with Gasteiger partial charge in [0, 0.05) is 38.2 Å². The van der Waals surface area contributed by atoms with Crippen molar-refractivity contribution in [3.05, 3.63) is 48.0 Å². The van der Waals surface area contributed by atoms with E-state index in [2.05, 4.69) is 53.5 Å². The molecular formula is C18H20N2O. The molecule has 21 heavy (non-hydrogen) atoms. The maximum Gasteiger partial charge on any atom is 0.141 e. The summed E-state index contributed by atoms with van der Waals surface area (Å²) in [4.78, 5) is 2.39. The first-order valence-electron chi connectivity index (χ1n) is 7.62. The maximum atomic E-state index is 6.40. The molecule has 2 aromatic carbocycles. The fraction of sp³-hybridized carbons (Fsp3) is 0.333. The Hall–Kier alpha value is -1.84. The van der Waals surface area contributed by atoms with Crippen molar-refractivity contribution in [2.45, 2.75) is 12.0 Å². The van der Waals surface area contributed by atoms with E-state index in [0.717, 1.165) is 31.8 Å². The van der Waals surface area contributed by atoms with Crippen molar-refractivity contribution >= 4 is 16.8 Å². The molecular weight excluding hydrogens is 260 g/mol. The van der Waals surface area contributed by atoms with E-state index < -0.39 is 0 Å². The molecule has 0 aliphatic carbocycles. The third-order valence-corrected chi connectivity index (χ3v) is 4.59. The topological polar surface area (TPSA) is 38.5 Å². The zero-order valence-corrected chi connectivity index (χ0v) is 12.1. The molecule has 2 aliphatic rings. The van der Waals surface area contributed by atoms with Crippen LogP contribution >= 0.6 is 0 Å².